The lowest BCUT2D eigenvalue weighted by atomic mass is 10.1. The SMILES string of the molecule is CCOC(=O)[C@H](C)N1C(=O)S/C(=C/c2ccc(N(C)C)c(Br)c2)C1=O. The van der Waals surface area contributed by atoms with E-state index in [1.165, 1.54) is 6.92 Å². The number of thioether (sulfide) groups is 1. The Hall–Kier alpha value is -1.80. The van der Waals surface area contributed by atoms with Crippen LogP contribution >= 0.6 is 27.7 Å². The first-order chi connectivity index (χ1) is 11.8. The first-order valence-corrected chi connectivity index (χ1v) is 9.27. The van der Waals surface area contributed by atoms with Gasteiger partial charge in [0.05, 0.1) is 17.2 Å². The minimum Gasteiger partial charge on any atom is -0.464 e. The molecule has 2 rings (SSSR count). The Kier molecular flexibility index (Phi) is 6.29. The first kappa shape index (κ1) is 19.5. The summed E-state index contributed by atoms with van der Waals surface area (Å²) in [7, 11) is 3.86. The molecule has 0 bridgehead atoms. The van der Waals surface area contributed by atoms with Crippen molar-refractivity contribution >= 4 is 56.6 Å². The lowest BCUT2D eigenvalue weighted by Gasteiger charge is -2.19. The number of ether oxygens (including phenoxy) is 1. The molecular formula is C17H19BrN2O4S. The number of carbonyl (C=O) groups excluding carboxylic acids is 3. The molecule has 134 valence electrons. The molecule has 1 aliphatic rings. The Morgan fingerprint density at radius 3 is 2.64 bits per heavy atom. The summed E-state index contributed by atoms with van der Waals surface area (Å²) in [4.78, 5) is 39.7. The van der Waals surface area contributed by atoms with Gasteiger partial charge in [0.15, 0.2) is 0 Å². The van der Waals surface area contributed by atoms with Crippen molar-refractivity contribution in [3.63, 3.8) is 0 Å². The van der Waals surface area contributed by atoms with Gasteiger partial charge in [-0.2, -0.15) is 0 Å². The second-order valence-electron chi connectivity index (χ2n) is 5.59. The van der Waals surface area contributed by atoms with Crippen LogP contribution in [0.2, 0.25) is 0 Å². The molecule has 1 aromatic carbocycles. The number of halogens is 1. The van der Waals surface area contributed by atoms with Gasteiger partial charge >= 0.3 is 5.97 Å². The van der Waals surface area contributed by atoms with Crippen LogP contribution in [-0.4, -0.2) is 48.8 Å². The molecule has 1 heterocycles. The van der Waals surface area contributed by atoms with Gasteiger partial charge in [0.1, 0.15) is 6.04 Å². The van der Waals surface area contributed by atoms with E-state index >= 15 is 0 Å². The van der Waals surface area contributed by atoms with Gasteiger partial charge in [-0.25, -0.2) is 4.79 Å². The highest BCUT2D eigenvalue weighted by Gasteiger charge is 2.41. The number of nitrogens with zero attached hydrogens (tertiary/aromatic N) is 2. The fourth-order valence-electron chi connectivity index (χ4n) is 2.31. The summed E-state index contributed by atoms with van der Waals surface area (Å²) in [6.45, 7) is 3.36. The summed E-state index contributed by atoms with van der Waals surface area (Å²) in [6, 6.07) is 4.71. The highest BCUT2D eigenvalue weighted by Crippen LogP contribution is 2.35. The smallest absolute Gasteiger partial charge is 0.329 e. The van der Waals surface area contributed by atoms with E-state index in [0.717, 1.165) is 32.4 Å². The van der Waals surface area contributed by atoms with Gasteiger partial charge in [0, 0.05) is 18.6 Å². The van der Waals surface area contributed by atoms with Gasteiger partial charge in [-0.1, -0.05) is 6.07 Å². The zero-order valence-corrected chi connectivity index (χ0v) is 16.8. The van der Waals surface area contributed by atoms with Gasteiger partial charge in [-0.05, 0) is 65.3 Å². The topological polar surface area (TPSA) is 66.9 Å². The van der Waals surface area contributed by atoms with Crippen LogP contribution in [-0.2, 0) is 14.3 Å². The van der Waals surface area contributed by atoms with Gasteiger partial charge in [-0.15, -0.1) is 0 Å². The molecule has 1 fully saturated rings. The number of rotatable bonds is 5. The third kappa shape index (κ3) is 4.24. The van der Waals surface area contributed by atoms with Crippen LogP contribution in [0, 0.1) is 0 Å². The van der Waals surface area contributed by atoms with E-state index in [1.54, 1.807) is 13.0 Å². The Morgan fingerprint density at radius 2 is 2.08 bits per heavy atom. The molecule has 2 amide bonds. The molecule has 0 saturated carbocycles. The molecule has 0 radical (unpaired) electrons. The highest BCUT2D eigenvalue weighted by atomic mass is 79.9. The molecule has 1 aromatic rings. The van der Waals surface area contributed by atoms with Crippen molar-refractivity contribution in [3.8, 4) is 0 Å². The number of anilines is 1. The largest absolute Gasteiger partial charge is 0.464 e. The molecular weight excluding hydrogens is 408 g/mol. The van der Waals surface area contributed by atoms with Crippen LogP contribution in [0.25, 0.3) is 6.08 Å². The van der Waals surface area contributed by atoms with Gasteiger partial charge in [0.25, 0.3) is 11.1 Å². The Bertz CT molecular complexity index is 748. The highest BCUT2D eigenvalue weighted by molar-refractivity contribution is 9.10. The molecule has 1 aliphatic heterocycles. The van der Waals surface area contributed by atoms with Crippen molar-refractivity contribution in [2.45, 2.75) is 19.9 Å². The van der Waals surface area contributed by atoms with Gasteiger partial charge in [0.2, 0.25) is 0 Å². The van der Waals surface area contributed by atoms with E-state index in [0.29, 0.717) is 0 Å². The Labute approximate surface area is 159 Å². The molecule has 0 aliphatic carbocycles. The molecule has 25 heavy (non-hydrogen) atoms. The number of hydrogen-bond acceptors (Lipinski definition) is 6. The van der Waals surface area contributed by atoms with E-state index in [9.17, 15) is 14.4 Å². The predicted octanol–water partition coefficient (Wildman–Crippen LogP) is 3.50. The zero-order valence-electron chi connectivity index (χ0n) is 14.4. The predicted molar refractivity (Wildman–Crippen MR) is 102 cm³/mol. The normalized spacial score (nSPS) is 17.2. The van der Waals surface area contributed by atoms with E-state index in [-0.39, 0.29) is 11.5 Å². The molecule has 8 heteroatoms. The van der Waals surface area contributed by atoms with Crippen LogP contribution < -0.4 is 4.90 Å². The number of carbonyl (C=O) groups is 3. The number of amides is 2. The minimum absolute atomic E-state index is 0.196. The van der Waals surface area contributed by atoms with Crippen molar-refractivity contribution in [2.75, 3.05) is 25.6 Å². The lowest BCUT2D eigenvalue weighted by Crippen LogP contribution is -2.42. The Morgan fingerprint density at radius 1 is 1.40 bits per heavy atom. The maximum Gasteiger partial charge on any atom is 0.329 e. The Balaban J connectivity index is 2.25. The van der Waals surface area contributed by atoms with Crippen molar-refractivity contribution in [2.24, 2.45) is 0 Å². The van der Waals surface area contributed by atoms with Gasteiger partial charge in [-0.3, -0.25) is 14.5 Å². The number of hydrogen-bond donors (Lipinski definition) is 0. The van der Waals surface area contributed by atoms with Crippen molar-refractivity contribution in [1.82, 2.24) is 4.90 Å². The zero-order chi connectivity index (χ0) is 18.7. The quantitative estimate of drug-likeness (QED) is 0.530. The van der Waals surface area contributed by atoms with E-state index in [4.69, 9.17) is 4.74 Å². The van der Waals surface area contributed by atoms with E-state index < -0.39 is 23.2 Å². The average molecular weight is 427 g/mol. The molecule has 0 spiro atoms. The van der Waals surface area contributed by atoms with Crippen molar-refractivity contribution < 1.29 is 19.1 Å². The fourth-order valence-corrected chi connectivity index (χ4v) is 3.97. The van der Waals surface area contributed by atoms with Crippen molar-refractivity contribution in [3.05, 3.63) is 33.1 Å². The molecule has 0 aromatic heterocycles. The minimum atomic E-state index is -0.943. The third-order valence-electron chi connectivity index (χ3n) is 3.59. The summed E-state index contributed by atoms with van der Waals surface area (Å²) < 4.78 is 5.77. The fraction of sp³-hybridized carbons (Fsp3) is 0.353. The molecule has 1 atom stereocenters. The molecule has 6 nitrogen and oxygen atoms in total. The first-order valence-electron chi connectivity index (χ1n) is 7.66. The van der Waals surface area contributed by atoms with Crippen LogP contribution in [0.3, 0.4) is 0 Å². The van der Waals surface area contributed by atoms with Crippen molar-refractivity contribution in [1.29, 1.82) is 0 Å². The second kappa shape index (κ2) is 8.05. The van der Waals surface area contributed by atoms with Crippen LogP contribution in [0.1, 0.15) is 19.4 Å². The van der Waals surface area contributed by atoms with Crippen LogP contribution in [0.15, 0.2) is 27.6 Å². The summed E-state index contributed by atoms with van der Waals surface area (Å²) >= 11 is 4.32. The summed E-state index contributed by atoms with van der Waals surface area (Å²) in [6.07, 6.45) is 1.65. The lowest BCUT2D eigenvalue weighted by molar-refractivity contribution is -0.150. The molecule has 1 saturated heterocycles. The molecule has 0 unspecified atom stereocenters. The van der Waals surface area contributed by atoms with Gasteiger partial charge < -0.3 is 9.64 Å². The average Bonchev–Trinajstić information content (AvgIpc) is 2.80. The van der Waals surface area contributed by atoms with E-state index in [1.807, 2.05) is 37.2 Å². The van der Waals surface area contributed by atoms with Crippen LogP contribution in [0.4, 0.5) is 10.5 Å². The second-order valence-corrected chi connectivity index (χ2v) is 7.43. The number of benzene rings is 1. The number of esters is 1. The maximum absolute atomic E-state index is 12.5. The summed E-state index contributed by atoms with van der Waals surface area (Å²) in [5, 5.41) is -0.471. The standard InChI is InChI=1S/C17H19BrN2O4S/c1-5-24-16(22)10(2)20-15(21)14(25-17(20)23)9-11-6-7-13(19(3)4)12(18)8-11/h6-10H,5H2,1-4H3/b14-9+/t10-/m0/s1. The summed E-state index contributed by atoms with van der Waals surface area (Å²) in [5.41, 5.74) is 1.79. The molecule has 0 N–H and O–H groups in total. The monoisotopic (exact) mass is 426 g/mol. The number of imide groups is 1. The van der Waals surface area contributed by atoms with E-state index in [2.05, 4.69) is 15.9 Å². The maximum atomic E-state index is 12.5. The summed E-state index contributed by atoms with van der Waals surface area (Å²) in [5.74, 6) is -1.08. The van der Waals surface area contributed by atoms with Crippen LogP contribution in [0.5, 0.6) is 0 Å². The third-order valence-corrected chi connectivity index (χ3v) is 5.11.